The Morgan fingerprint density at radius 3 is 2.79 bits per heavy atom. The summed E-state index contributed by atoms with van der Waals surface area (Å²) in [5.74, 6) is 0.411. The number of nitrogens with one attached hydrogen (secondary N) is 2. The van der Waals surface area contributed by atoms with Crippen molar-refractivity contribution in [2.75, 3.05) is 26.2 Å². The fraction of sp³-hybridized carbons (Fsp3) is 0.714. The van der Waals surface area contributed by atoms with Gasteiger partial charge in [0.25, 0.3) is 5.91 Å². The summed E-state index contributed by atoms with van der Waals surface area (Å²) < 4.78 is 5.74. The van der Waals surface area contributed by atoms with E-state index in [0.29, 0.717) is 31.7 Å². The lowest BCUT2D eigenvalue weighted by Crippen LogP contribution is -2.50. The van der Waals surface area contributed by atoms with Gasteiger partial charge in [0.2, 0.25) is 0 Å². The van der Waals surface area contributed by atoms with Crippen molar-refractivity contribution in [2.24, 2.45) is 0 Å². The maximum atomic E-state index is 13.2. The highest BCUT2D eigenvalue weighted by Crippen LogP contribution is 2.36. The zero-order chi connectivity index (χ0) is 20.1. The number of hydrogen-bond acceptors (Lipinski definition) is 6. The Morgan fingerprint density at radius 1 is 1.39 bits per heavy atom. The van der Waals surface area contributed by atoms with Gasteiger partial charge in [-0.2, -0.15) is 0 Å². The summed E-state index contributed by atoms with van der Waals surface area (Å²) in [6.45, 7) is 8.91. The second-order valence-corrected chi connectivity index (χ2v) is 8.20. The van der Waals surface area contributed by atoms with Crippen molar-refractivity contribution in [3.8, 4) is 0 Å². The van der Waals surface area contributed by atoms with E-state index in [1.807, 2.05) is 4.90 Å². The minimum atomic E-state index is -0.390. The van der Waals surface area contributed by atoms with E-state index in [9.17, 15) is 4.79 Å². The molecule has 1 aliphatic carbocycles. The Kier molecular flexibility index (Phi) is 7.40. The van der Waals surface area contributed by atoms with Gasteiger partial charge in [-0.3, -0.25) is 9.78 Å². The number of ether oxygens (including phenoxy) is 1. The van der Waals surface area contributed by atoms with Gasteiger partial charge in [-0.1, -0.05) is 13.8 Å². The first-order valence-electron chi connectivity index (χ1n) is 10.5. The minimum absolute atomic E-state index is 0.0132. The Morgan fingerprint density at radius 2 is 2.18 bits per heavy atom. The van der Waals surface area contributed by atoms with Crippen molar-refractivity contribution in [3.05, 3.63) is 29.1 Å². The fourth-order valence-electron chi connectivity index (χ4n) is 3.74. The summed E-state index contributed by atoms with van der Waals surface area (Å²) in [5.41, 5.74) is 5.41. The molecule has 28 heavy (non-hydrogen) atoms. The Labute approximate surface area is 167 Å². The van der Waals surface area contributed by atoms with Crippen molar-refractivity contribution >= 4 is 5.91 Å². The topological polar surface area (TPSA) is 86.7 Å². The molecule has 7 nitrogen and oxygen atoms in total. The fourth-order valence-corrected chi connectivity index (χ4v) is 3.74. The predicted molar refractivity (Wildman–Crippen MR) is 107 cm³/mol. The van der Waals surface area contributed by atoms with Crippen molar-refractivity contribution in [3.63, 3.8) is 0 Å². The van der Waals surface area contributed by atoms with E-state index in [4.69, 9.17) is 14.9 Å². The third-order valence-electron chi connectivity index (χ3n) is 5.53. The molecule has 1 aromatic heterocycles. The number of aryl methyl sites for hydroxylation is 1. The third-order valence-corrected chi connectivity index (χ3v) is 5.53. The Bertz CT molecular complexity index is 657. The second-order valence-electron chi connectivity index (χ2n) is 8.20. The Balaban J connectivity index is 1.82. The van der Waals surface area contributed by atoms with Crippen molar-refractivity contribution in [1.29, 1.82) is 0 Å². The normalized spacial score (nSPS) is 21.0. The maximum Gasteiger partial charge on any atom is 0.253 e. The van der Waals surface area contributed by atoms with Gasteiger partial charge < -0.3 is 20.2 Å². The molecule has 1 amide bonds. The van der Waals surface area contributed by atoms with Crippen LogP contribution in [0.2, 0.25) is 0 Å². The van der Waals surface area contributed by atoms with Crippen LogP contribution in [0.1, 0.15) is 68.9 Å². The van der Waals surface area contributed by atoms with E-state index < -0.39 is 6.10 Å². The van der Waals surface area contributed by atoms with Crippen LogP contribution in [0.15, 0.2) is 12.1 Å². The summed E-state index contributed by atoms with van der Waals surface area (Å²) >= 11 is 0. The standard InChI is InChI=1S/C21H34N4O3/c1-14(2)19-12-16(11-17(24-19)5-4-8-23-27)15(3)25(18-6-7-18)21(26)20-13-22-9-10-28-20/h11-12,14-15,18,20,22-23,27H,4-10,13H2,1-3H3/t15-,20-/m1/s1. The van der Waals surface area contributed by atoms with E-state index in [0.717, 1.165) is 49.2 Å². The number of aromatic nitrogens is 1. The first-order valence-corrected chi connectivity index (χ1v) is 10.5. The van der Waals surface area contributed by atoms with Crippen LogP contribution in [0.4, 0.5) is 0 Å². The zero-order valence-electron chi connectivity index (χ0n) is 17.3. The van der Waals surface area contributed by atoms with Crippen LogP contribution in [0, 0.1) is 0 Å². The third kappa shape index (κ3) is 5.29. The second kappa shape index (κ2) is 9.78. The van der Waals surface area contributed by atoms with E-state index >= 15 is 0 Å². The predicted octanol–water partition coefficient (Wildman–Crippen LogP) is 2.16. The number of amides is 1. The van der Waals surface area contributed by atoms with Crippen molar-refractivity contribution in [2.45, 2.75) is 70.6 Å². The number of hydrogen-bond donors (Lipinski definition) is 3. The molecule has 156 valence electrons. The lowest BCUT2D eigenvalue weighted by atomic mass is 9.99. The van der Waals surface area contributed by atoms with E-state index in [2.05, 4.69) is 43.7 Å². The van der Waals surface area contributed by atoms with Crippen LogP contribution in [-0.4, -0.2) is 59.4 Å². The molecule has 0 radical (unpaired) electrons. The molecule has 2 aliphatic rings. The van der Waals surface area contributed by atoms with Gasteiger partial charge in [-0.25, -0.2) is 5.48 Å². The van der Waals surface area contributed by atoms with E-state index in [-0.39, 0.29) is 11.9 Å². The zero-order valence-corrected chi connectivity index (χ0v) is 17.3. The number of pyridine rings is 1. The average molecular weight is 391 g/mol. The molecule has 0 unspecified atom stereocenters. The van der Waals surface area contributed by atoms with Gasteiger partial charge in [0.15, 0.2) is 0 Å². The molecule has 1 saturated carbocycles. The van der Waals surface area contributed by atoms with Gasteiger partial charge in [0, 0.05) is 37.1 Å². The number of rotatable bonds is 9. The van der Waals surface area contributed by atoms with E-state index in [1.165, 1.54) is 0 Å². The van der Waals surface area contributed by atoms with Crippen LogP contribution in [0.5, 0.6) is 0 Å². The number of carbonyl (C=O) groups is 1. The average Bonchev–Trinajstić information content (AvgIpc) is 3.53. The van der Waals surface area contributed by atoms with Crippen LogP contribution in [0.25, 0.3) is 0 Å². The number of morpholine rings is 1. The molecular weight excluding hydrogens is 356 g/mol. The van der Waals surface area contributed by atoms with Gasteiger partial charge in [0.05, 0.1) is 12.6 Å². The SMILES string of the molecule is CC(C)c1cc([C@@H](C)N(C(=O)[C@H]2CNCCO2)C2CC2)cc(CCCNO)n1. The first kappa shape index (κ1) is 21.2. The molecule has 0 spiro atoms. The molecule has 7 heteroatoms. The summed E-state index contributed by atoms with van der Waals surface area (Å²) in [6, 6.07) is 4.56. The highest BCUT2D eigenvalue weighted by atomic mass is 16.5. The molecule has 1 saturated heterocycles. The summed E-state index contributed by atoms with van der Waals surface area (Å²) in [4.78, 5) is 20.1. The number of carbonyl (C=O) groups excluding carboxylic acids is 1. The molecule has 3 N–H and O–H groups in total. The maximum absolute atomic E-state index is 13.2. The molecule has 0 bridgehead atoms. The molecule has 1 aliphatic heterocycles. The van der Waals surface area contributed by atoms with Crippen LogP contribution < -0.4 is 10.8 Å². The van der Waals surface area contributed by atoms with Crippen molar-refractivity contribution < 1.29 is 14.7 Å². The molecular formula is C21H34N4O3. The number of nitrogens with zero attached hydrogens (tertiary/aromatic N) is 2. The van der Waals surface area contributed by atoms with Gasteiger partial charge in [-0.15, -0.1) is 0 Å². The van der Waals surface area contributed by atoms with E-state index in [1.54, 1.807) is 0 Å². The summed E-state index contributed by atoms with van der Waals surface area (Å²) in [6.07, 6.45) is 3.34. The van der Waals surface area contributed by atoms with Gasteiger partial charge in [0.1, 0.15) is 6.10 Å². The summed E-state index contributed by atoms with van der Waals surface area (Å²) in [7, 11) is 0. The quantitative estimate of drug-likeness (QED) is 0.442. The smallest absolute Gasteiger partial charge is 0.253 e. The Hall–Kier alpha value is -1.54. The largest absolute Gasteiger partial charge is 0.366 e. The molecule has 2 atom stereocenters. The van der Waals surface area contributed by atoms with Crippen LogP contribution in [-0.2, 0) is 16.0 Å². The van der Waals surface area contributed by atoms with Crippen molar-refractivity contribution in [1.82, 2.24) is 20.7 Å². The van der Waals surface area contributed by atoms with Gasteiger partial charge >= 0.3 is 0 Å². The van der Waals surface area contributed by atoms with Gasteiger partial charge in [-0.05, 0) is 56.2 Å². The lowest BCUT2D eigenvalue weighted by molar-refractivity contribution is -0.148. The molecule has 1 aromatic rings. The molecule has 2 heterocycles. The van der Waals surface area contributed by atoms with Crippen LogP contribution in [0.3, 0.4) is 0 Å². The minimum Gasteiger partial charge on any atom is -0.366 e. The molecule has 2 fully saturated rings. The number of hydroxylamine groups is 1. The van der Waals surface area contributed by atoms with Crippen LogP contribution >= 0.6 is 0 Å². The highest BCUT2D eigenvalue weighted by molar-refractivity contribution is 5.82. The summed E-state index contributed by atoms with van der Waals surface area (Å²) in [5, 5.41) is 12.1. The molecule has 3 rings (SSSR count). The monoisotopic (exact) mass is 390 g/mol. The lowest BCUT2D eigenvalue weighted by Gasteiger charge is -2.34. The molecule has 0 aromatic carbocycles. The first-order chi connectivity index (χ1) is 13.5. The highest BCUT2D eigenvalue weighted by Gasteiger charge is 2.40.